The number of amides is 2. The van der Waals surface area contributed by atoms with Crippen LogP contribution in [0, 0.1) is 0 Å². The molecule has 0 saturated carbocycles. The number of benzene rings is 1. The number of nitrogens with one attached hydrogen (secondary N) is 2. The van der Waals surface area contributed by atoms with Gasteiger partial charge in [0, 0.05) is 17.9 Å². The first-order valence-electron chi connectivity index (χ1n) is 4.81. The van der Waals surface area contributed by atoms with Crippen molar-refractivity contribution in [2.75, 3.05) is 23.8 Å². The number of aliphatic hydroxyl groups excluding tert-OH is 2. The summed E-state index contributed by atoms with van der Waals surface area (Å²) in [6.45, 7) is -0.0667. The van der Waals surface area contributed by atoms with Gasteiger partial charge in [0.2, 0.25) is 0 Å². The van der Waals surface area contributed by atoms with Gasteiger partial charge >= 0.3 is 6.03 Å². The van der Waals surface area contributed by atoms with Crippen molar-refractivity contribution in [3.63, 3.8) is 0 Å². The molecule has 2 amide bonds. The number of hydrogen-bond donors (Lipinski definition) is 5. The molecule has 6 N–H and O–H groups in total. The van der Waals surface area contributed by atoms with E-state index < -0.39 is 12.1 Å². The van der Waals surface area contributed by atoms with E-state index in [-0.39, 0.29) is 13.2 Å². The second kappa shape index (κ2) is 5.94. The fourth-order valence-corrected chi connectivity index (χ4v) is 1.15. The summed E-state index contributed by atoms with van der Waals surface area (Å²) in [6.07, 6.45) is -0.812. The minimum absolute atomic E-state index is 0.233. The first-order valence-corrected chi connectivity index (χ1v) is 4.81. The number of carbonyl (C=O) groups is 1. The lowest BCUT2D eigenvalue weighted by Crippen LogP contribution is -2.23. The van der Waals surface area contributed by atoms with Gasteiger partial charge in [-0.05, 0) is 18.2 Å². The van der Waals surface area contributed by atoms with E-state index in [0.29, 0.717) is 5.69 Å². The molecule has 0 radical (unpaired) electrons. The summed E-state index contributed by atoms with van der Waals surface area (Å²) in [6, 6.07) is 6.25. The Kier molecular flexibility index (Phi) is 4.56. The third kappa shape index (κ3) is 4.16. The maximum absolute atomic E-state index is 10.6. The molecule has 1 unspecified atom stereocenters. The lowest BCUT2D eigenvalue weighted by Gasteiger charge is -2.11. The first-order chi connectivity index (χ1) is 7.61. The SMILES string of the molecule is NC(=O)Nc1cccc(NCC(O)CO)c1. The van der Waals surface area contributed by atoms with Crippen LogP contribution in [0.5, 0.6) is 0 Å². The van der Waals surface area contributed by atoms with Gasteiger partial charge in [-0.15, -0.1) is 0 Å². The van der Waals surface area contributed by atoms with Gasteiger partial charge in [-0.3, -0.25) is 0 Å². The number of hydrogen-bond acceptors (Lipinski definition) is 4. The van der Waals surface area contributed by atoms with Crippen LogP contribution >= 0.6 is 0 Å². The van der Waals surface area contributed by atoms with Crippen LogP contribution in [0.4, 0.5) is 16.2 Å². The van der Waals surface area contributed by atoms with Crippen LogP contribution in [0.25, 0.3) is 0 Å². The smallest absolute Gasteiger partial charge is 0.316 e. The molecule has 88 valence electrons. The Bertz CT molecular complexity index is 357. The number of rotatable bonds is 5. The van der Waals surface area contributed by atoms with E-state index in [9.17, 15) is 4.79 Å². The van der Waals surface area contributed by atoms with Crippen molar-refractivity contribution in [2.24, 2.45) is 5.73 Å². The van der Waals surface area contributed by atoms with Gasteiger partial charge < -0.3 is 26.6 Å². The number of aliphatic hydroxyl groups is 2. The van der Waals surface area contributed by atoms with E-state index in [1.54, 1.807) is 24.3 Å². The Morgan fingerprint density at radius 1 is 1.44 bits per heavy atom. The molecule has 16 heavy (non-hydrogen) atoms. The lowest BCUT2D eigenvalue weighted by molar-refractivity contribution is 0.105. The van der Waals surface area contributed by atoms with Gasteiger partial charge in [0.15, 0.2) is 0 Å². The Balaban J connectivity index is 2.56. The van der Waals surface area contributed by atoms with Gasteiger partial charge in [-0.1, -0.05) is 6.07 Å². The molecule has 0 heterocycles. The molecule has 1 atom stereocenters. The quantitative estimate of drug-likeness (QED) is 0.484. The van der Waals surface area contributed by atoms with Gasteiger partial charge in [-0.25, -0.2) is 4.79 Å². The second-order valence-electron chi connectivity index (χ2n) is 3.29. The largest absolute Gasteiger partial charge is 0.394 e. The molecule has 0 spiro atoms. The molecule has 0 aliphatic rings. The van der Waals surface area contributed by atoms with Crippen LogP contribution in [0.1, 0.15) is 0 Å². The molecular weight excluding hydrogens is 210 g/mol. The van der Waals surface area contributed by atoms with E-state index in [1.807, 2.05) is 0 Å². The monoisotopic (exact) mass is 225 g/mol. The summed E-state index contributed by atoms with van der Waals surface area (Å²) < 4.78 is 0. The van der Waals surface area contributed by atoms with Gasteiger partial charge in [0.1, 0.15) is 0 Å². The van der Waals surface area contributed by atoms with Crippen molar-refractivity contribution in [3.05, 3.63) is 24.3 Å². The highest BCUT2D eigenvalue weighted by Crippen LogP contribution is 2.14. The van der Waals surface area contributed by atoms with Crippen LogP contribution < -0.4 is 16.4 Å². The molecule has 1 aromatic carbocycles. The minimum atomic E-state index is -0.812. The van der Waals surface area contributed by atoms with Gasteiger partial charge in [0.25, 0.3) is 0 Å². The normalized spacial score (nSPS) is 11.9. The Morgan fingerprint density at radius 2 is 2.12 bits per heavy atom. The predicted octanol–water partition coefficient (Wildman–Crippen LogP) is -0.0577. The Morgan fingerprint density at radius 3 is 2.75 bits per heavy atom. The molecule has 0 bridgehead atoms. The second-order valence-corrected chi connectivity index (χ2v) is 3.29. The van der Waals surface area contributed by atoms with Crippen LogP contribution in [-0.2, 0) is 0 Å². The number of anilines is 2. The van der Waals surface area contributed by atoms with E-state index in [1.165, 1.54) is 0 Å². The number of nitrogens with two attached hydrogens (primary N) is 1. The zero-order chi connectivity index (χ0) is 12.0. The standard InChI is InChI=1S/C10H15N3O3/c11-10(16)13-8-3-1-2-7(4-8)12-5-9(15)6-14/h1-4,9,12,14-15H,5-6H2,(H3,11,13,16). The topological polar surface area (TPSA) is 108 Å². The average molecular weight is 225 g/mol. The lowest BCUT2D eigenvalue weighted by atomic mass is 10.2. The predicted molar refractivity (Wildman–Crippen MR) is 61.2 cm³/mol. The first kappa shape index (κ1) is 12.3. The highest BCUT2D eigenvalue weighted by atomic mass is 16.3. The van der Waals surface area contributed by atoms with Crippen LogP contribution in [0.3, 0.4) is 0 Å². The molecule has 0 saturated heterocycles. The van der Waals surface area contributed by atoms with Crippen molar-refractivity contribution < 1.29 is 15.0 Å². The van der Waals surface area contributed by atoms with Gasteiger partial charge in [0.05, 0.1) is 12.7 Å². The highest BCUT2D eigenvalue weighted by molar-refractivity contribution is 5.88. The van der Waals surface area contributed by atoms with E-state index in [2.05, 4.69) is 10.6 Å². The van der Waals surface area contributed by atoms with Crippen molar-refractivity contribution in [1.29, 1.82) is 0 Å². The molecule has 6 heteroatoms. The summed E-state index contributed by atoms with van der Waals surface area (Å²) in [5.41, 5.74) is 6.26. The van der Waals surface area contributed by atoms with Crippen molar-refractivity contribution in [1.82, 2.24) is 0 Å². The fourth-order valence-electron chi connectivity index (χ4n) is 1.15. The summed E-state index contributed by atoms with van der Waals surface area (Å²) in [5, 5.41) is 23.1. The molecular formula is C10H15N3O3. The molecule has 0 fully saturated rings. The van der Waals surface area contributed by atoms with E-state index in [0.717, 1.165) is 5.69 Å². The third-order valence-electron chi connectivity index (χ3n) is 1.88. The van der Waals surface area contributed by atoms with E-state index >= 15 is 0 Å². The Hall–Kier alpha value is -1.79. The molecule has 1 rings (SSSR count). The van der Waals surface area contributed by atoms with Crippen LogP contribution in [0.15, 0.2) is 24.3 Å². The summed E-state index contributed by atoms with van der Waals surface area (Å²) in [4.78, 5) is 10.6. The molecule has 0 aromatic heterocycles. The van der Waals surface area contributed by atoms with Crippen molar-refractivity contribution >= 4 is 17.4 Å². The van der Waals surface area contributed by atoms with E-state index in [4.69, 9.17) is 15.9 Å². The summed E-state index contributed by atoms with van der Waals surface area (Å²) in [7, 11) is 0. The molecule has 1 aromatic rings. The number of urea groups is 1. The fraction of sp³-hybridized carbons (Fsp3) is 0.300. The maximum Gasteiger partial charge on any atom is 0.316 e. The molecule has 6 nitrogen and oxygen atoms in total. The number of primary amides is 1. The molecule has 0 aliphatic heterocycles. The van der Waals surface area contributed by atoms with Crippen LogP contribution in [-0.4, -0.2) is 35.5 Å². The maximum atomic E-state index is 10.6. The van der Waals surface area contributed by atoms with Crippen molar-refractivity contribution in [2.45, 2.75) is 6.10 Å². The average Bonchev–Trinajstić information content (AvgIpc) is 2.25. The van der Waals surface area contributed by atoms with Crippen molar-refractivity contribution in [3.8, 4) is 0 Å². The summed E-state index contributed by atoms with van der Waals surface area (Å²) in [5.74, 6) is 0. The zero-order valence-corrected chi connectivity index (χ0v) is 8.68. The summed E-state index contributed by atoms with van der Waals surface area (Å²) >= 11 is 0. The molecule has 0 aliphatic carbocycles. The number of carbonyl (C=O) groups excluding carboxylic acids is 1. The zero-order valence-electron chi connectivity index (χ0n) is 8.68. The highest BCUT2D eigenvalue weighted by Gasteiger charge is 2.02. The minimum Gasteiger partial charge on any atom is -0.394 e. The van der Waals surface area contributed by atoms with Gasteiger partial charge in [-0.2, -0.15) is 0 Å². The third-order valence-corrected chi connectivity index (χ3v) is 1.88. The van der Waals surface area contributed by atoms with Crippen LogP contribution in [0.2, 0.25) is 0 Å². The Labute approximate surface area is 93.1 Å².